The number of fused-ring (bicyclic) bond motifs is 1. The molecular formula is C26H37N3O4. The molecule has 3 heterocycles. The fraction of sp³-hybridized carbons (Fsp3) is 0.654. The second-order valence-electron chi connectivity index (χ2n) is 10.7. The molecule has 1 aromatic rings. The molecule has 3 aliphatic heterocycles. The smallest absolute Gasteiger partial charge is 0.251 e. The van der Waals surface area contributed by atoms with Crippen LogP contribution in [-0.4, -0.2) is 78.4 Å². The number of amides is 2. The first kappa shape index (κ1) is 23.9. The average molecular weight is 456 g/mol. The Bertz CT molecular complexity index is 884. The van der Waals surface area contributed by atoms with Gasteiger partial charge in [-0.2, -0.15) is 0 Å². The second-order valence-corrected chi connectivity index (χ2v) is 10.7. The van der Waals surface area contributed by atoms with Crippen LogP contribution in [0.25, 0.3) is 0 Å². The Labute approximate surface area is 196 Å². The second kappa shape index (κ2) is 9.55. The van der Waals surface area contributed by atoms with E-state index in [9.17, 15) is 14.4 Å². The first-order valence-corrected chi connectivity index (χ1v) is 12.3. The van der Waals surface area contributed by atoms with E-state index in [-0.39, 0.29) is 30.3 Å². The quantitative estimate of drug-likeness (QED) is 0.738. The zero-order valence-corrected chi connectivity index (χ0v) is 20.3. The summed E-state index contributed by atoms with van der Waals surface area (Å²) in [7, 11) is 0. The van der Waals surface area contributed by atoms with Crippen LogP contribution in [0.15, 0.2) is 24.3 Å². The van der Waals surface area contributed by atoms with E-state index in [2.05, 4.69) is 29.3 Å². The standard InChI is InChI=1S/C26H37N3O4/c1-5-28-13-10-18(11-14-28)17-6-8-19(9-7-17)24(31)27-23(26(2,3)4)25(32)29-15-12-21-22(29)20(30)16-33-21/h6-9,18,21-23H,5,10-16H2,1-4H3,(H,27,31)/t21-,22-,23?/m1/s1. The maximum atomic E-state index is 13.5. The van der Waals surface area contributed by atoms with Gasteiger partial charge in [-0.05, 0) is 67.9 Å². The molecule has 180 valence electrons. The lowest BCUT2D eigenvalue weighted by Crippen LogP contribution is -2.57. The lowest BCUT2D eigenvalue weighted by atomic mass is 9.85. The maximum absolute atomic E-state index is 13.5. The van der Waals surface area contributed by atoms with Gasteiger partial charge >= 0.3 is 0 Å². The number of likely N-dealkylation sites (tertiary alicyclic amines) is 2. The molecule has 1 unspecified atom stereocenters. The van der Waals surface area contributed by atoms with Gasteiger partial charge in [0, 0.05) is 12.1 Å². The van der Waals surface area contributed by atoms with Crippen molar-refractivity contribution in [2.75, 3.05) is 32.8 Å². The first-order valence-electron chi connectivity index (χ1n) is 12.3. The third-order valence-electron chi connectivity index (χ3n) is 7.46. The van der Waals surface area contributed by atoms with Gasteiger partial charge in [-0.15, -0.1) is 0 Å². The Kier molecular flexibility index (Phi) is 6.91. The molecule has 3 atom stereocenters. The molecule has 1 aromatic carbocycles. The Morgan fingerprint density at radius 1 is 1.09 bits per heavy atom. The van der Waals surface area contributed by atoms with E-state index in [4.69, 9.17) is 4.74 Å². The number of hydrogen-bond acceptors (Lipinski definition) is 5. The third kappa shape index (κ3) is 4.99. The van der Waals surface area contributed by atoms with Gasteiger partial charge in [0.25, 0.3) is 5.91 Å². The molecule has 0 aromatic heterocycles. The lowest BCUT2D eigenvalue weighted by molar-refractivity contribution is -0.140. The van der Waals surface area contributed by atoms with Crippen LogP contribution in [0.3, 0.4) is 0 Å². The average Bonchev–Trinajstić information content (AvgIpc) is 3.39. The van der Waals surface area contributed by atoms with Crippen molar-refractivity contribution in [3.05, 3.63) is 35.4 Å². The van der Waals surface area contributed by atoms with Crippen LogP contribution >= 0.6 is 0 Å². The van der Waals surface area contributed by atoms with Crippen LogP contribution in [-0.2, 0) is 14.3 Å². The van der Waals surface area contributed by atoms with Crippen molar-refractivity contribution in [2.45, 2.75) is 71.1 Å². The highest BCUT2D eigenvalue weighted by Gasteiger charge is 2.49. The van der Waals surface area contributed by atoms with Gasteiger partial charge in [-0.3, -0.25) is 14.4 Å². The fourth-order valence-electron chi connectivity index (χ4n) is 5.36. The normalized spacial score (nSPS) is 25.2. The molecule has 0 saturated carbocycles. The lowest BCUT2D eigenvalue weighted by Gasteiger charge is -2.35. The summed E-state index contributed by atoms with van der Waals surface area (Å²) in [4.78, 5) is 42.9. The number of ketones is 1. The molecule has 2 amide bonds. The van der Waals surface area contributed by atoms with Crippen LogP contribution in [0.2, 0.25) is 0 Å². The molecule has 7 heteroatoms. The predicted molar refractivity (Wildman–Crippen MR) is 126 cm³/mol. The third-order valence-corrected chi connectivity index (χ3v) is 7.46. The molecule has 0 radical (unpaired) electrons. The molecule has 4 rings (SSSR count). The Balaban J connectivity index is 1.43. The number of nitrogens with one attached hydrogen (secondary N) is 1. The number of nitrogens with zero attached hydrogens (tertiary/aromatic N) is 2. The topological polar surface area (TPSA) is 79.0 Å². The molecule has 0 aliphatic carbocycles. The molecule has 33 heavy (non-hydrogen) atoms. The van der Waals surface area contributed by atoms with Crippen molar-refractivity contribution in [3.63, 3.8) is 0 Å². The molecule has 3 fully saturated rings. The number of Topliss-reactive ketones (excluding diaryl/α,β-unsaturated/α-hetero) is 1. The van der Waals surface area contributed by atoms with Gasteiger partial charge in [0.15, 0.2) is 5.78 Å². The largest absolute Gasteiger partial charge is 0.368 e. The van der Waals surface area contributed by atoms with Gasteiger partial charge in [-0.25, -0.2) is 0 Å². The molecule has 3 saturated heterocycles. The molecular weight excluding hydrogens is 418 g/mol. The Morgan fingerprint density at radius 2 is 1.76 bits per heavy atom. The molecule has 0 spiro atoms. The van der Waals surface area contributed by atoms with Crippen molar-refractivity contribution in [3.8, 4) is 0 Å². The number of rotatable bonds is 5. The number of piperidine rings is 1. The van der Waals surface area contributed by atoms with E-state index in [0.717, 1.165) is 32.5 Å². The van der Waals surface area contributed by atoms with Gasteiger partial charge in [-0.1, -0.05) is 39.8 Å². The van der Waals surface area contributed by atoms with Crippen LogP contribution in [0.4, 0.5) is 0 Å². The number of benzene rings is 1. The summed E-state index contributed by atoms with van der Waals surface area (Å²) in [6, 6.07) is 6.58. The van der Waals surface area contributed by atoms with Crippen molar-refractivity contribution in [2.24, 2.45) is 5.41 Å². The van der Waals surface area contributed by atoms with Crippen molar-refractivity contribution < 1.29 is 19.1 Å². The monoisotopic (exact) mass is 455 g/mol. The predicted octanol–water partition coefficient (Wildman–Crippen LogP) is 2.60. The number of ether oxygens (including phenoxy) is 1. The van der Waals surface area contributed by atoms with E-state index in [1.54, 1.807) is 4.90 Å². The Morgan fingerprint density at radius 3 is 2.36 bits per heavy atom. The summed E-state index contributed by atoms with van der Waals surface area (Å²) in [5.41, 5.74) is 1.32. The van der Waals surface area contributed by atoms with E-state index >= 15 is 0 Å². The highest BCUT2D eigenvalue weighted by molar-refractivity contribution is 5.99. The molecule has 3 aliphatic rings. The van der Waals surface area contributed by atoms with Crippen LogP contribution in [0.5, 0.6) is 0 Å². The highest BCUT2D eigenvalue weighted by Crippen LogP contribution is 2.31. The SMILES string of the molecule is CCN1CCC(c2ccc(C(=O)NC(C(=O)N3CC[C@H]4OCC(=O)[C@H]43)C(C)(C)C)cc2)CC1. The first-order chi connectivity index (χ1) is 15.7. The zero-order chi connectivity index (χ0) is 23.8. The van der Waals surface area contributed by atoms with E-state index < -0.39 is 17.5 Å². The van der Waals surface area contributed by atoms with Crippen molar-refractivity contribution in [1.82, 2.24) is 15.1 Å². The molecule has 1 N–H and O–H groups in total. The number of hydrogen-bond donors (Lipinski definition) is 1. The summed E-state index contributed by atoms with van der Waals surface area (Å²) < 4.78 is 5.53. The summed E-state index contributed by atoms with van der Waals surface area (Å²) in [6.07, 6.45) is 2.72. The van der Waals surface area contributed by atoms with Crippen LogP contribution in [0, 0.1) is 5.41 Å². The summed E-state index contributed by atoms with van der Waals surface area (Å²) in [6.45, 7) is 11.9. The van der Waals surface area contributed by atoms with E-state index in [1.807, 2.05) is 32.9 Å². The minimum atomic E-state index is -0.727. The van der Waals surface area contributed by atoms with Crippen LogP contribution < -0.4 is 5.32 Å². The number of carbonyl (C=O) groups is 3. The van der Waals surface area contributed by atoms with E-state index in [1.165, 1.54) is 5.56 Å². The molecule has 7 nitrogen and oxygen atoms in total. The van der Waals surface area contributed by atoms with Crippen LogP contribution in [0.1, 0.15) is 68.8 Å². The maximum Gasteiger partial charge on any atom is 0.251 e. The molecule has 0 bridgehead atoms. The summed E-state index contributed by atoms with van der Waals surface area (Å²) in [5, 5.41) is 2.97. The fourth-order valence-corrected chi connectivity index (χ4v) is 5.36. The van der Waals surface area contributed by atoms with Crippen molar-refractivity contribution in [1.29, 1.82) is 0 Å². The highest BCUT2D eigenvalue weighted by atomic mass is 16.5. The number of carbonyl (C=O) groups excluding carboxylic acids is 3. The van der Waals surface area contributed by atoms with Crippen molar-refractivity contribution >= 4 is 17.6 Å². The zero-order valence-electron chi connectivity index (χ0n) is 20.3. The summed E-state index contributed by atoms with van der Waals surface area (Å²) >= 11 is 0. The minimum Gasteiger partial charge on any atom is -0.368 e. The summed E-state index contributed by atoms with van der Waals surface area (Å²) in [5.74, 6) is 0.00941. The van der Waals surface area contributed by atoms with E-state index in [0.29, 0.717) is 24.4 Å². The van der Waals surface area contributed by atoms with Gasteiger partial charge in [0.2, 0.25) is 5.91 Å². The van der Waals surface area contributed by atoms with Gasteiger partial charge in [0.1, 0.15) is 18.7 Å². The Hall–Kier alpha value is -2.25. The minimum absolute atomic E-state index is 0.0507. The van der Waals surface area contributed by atoms with Gasteiger partial charge < -0.3 is 19.9 Å². The van der Waals surface area contributed by atoms with Gasteiger partial charge in [0.05, 0.1) is 6.10 Å².